The molecule has 3 N–H and O–H groups in total. The number of aromatic nitrogens is 1. The molecule has 0 bridgehead atoms. The van der Waals surface area contributed by atoms with E-state index in [1.807, 2.05) is 6.08 Å². The van der Waals surface area contributed by atoms with Crippen molar-refractivity contribution >= 4 is 44.7 Å². The van der Waals surface area contributed by atoms with Crippen molar-refractivity contribution in [3.8, 4) is 11.5 Å². The van der Waals surface area contributed by atoms with Crippen molar-refractivity contribution in [2.45, 2.75) is 156 Å². The number of hydrogen-bond donors (Lipinski definition) is 3. The van der Waals surface area contributed by atoms with E-state index in [0.717, 1.165) is 32.1 Å². The topological polar surface area (TPSA) is 182 Å². The average Bonchev–Trinajstić information content (AvgIpc) is 4.16. The molecular weight excluding hydrogens is 801 g/mol. The summed E-state index contributed by atoms with van der Waals surface area (Å²) < 4.78 is 79.7. The molecule has 1 spiro atoms. The quantitative estimate of drug-likeness (QED) is 0.290. The van der Waals surface area contributed by atoms with Gasteiger partial charge in [-0.3, -0.25) is 19.1 Å². The molecule has 0 unspecified atom stereocenters. The molecule has 3 aliphatic heterocycles. The minimum atomic E-state index is -4.08. The highest BCUT2D eigenvalue weighted by molar-refractivity contribution is 7.91. The molecule has 5 fully saturated rings. The van der Waals surface area contributed by atoms with Gasteiger partial charge in [0.1, 0.15) is 35.1 Å². The fraction of sp³-hybridized carbons (Fsp3) is 0.651. The van der Waals surface area contributed by atoms with Gasteiger partial charge in [-0.2, -0.15) is 0 Å². The number of halogens is 2. The first-order valence-electron chi connectivity index (χ1n) is 21.5. The maximum absolute atomic E-state index is 17.1. The number of carbonyl (C=O) groups excluding carboxylic acids is 4. The highest BCUT2D eigenvalue weighted by Crippen LogP contribution is 2.58. The molecule has 1 aromatic heterocycles. The van der Waals surface area contributed by atoms with Crippen LogP contribution in [0.1, 0.15) is 127 Å². The van der Waals surface area contributed by atoms with Crippen molar-refractivity contribution in [1.29, 1.82) is 0 Å². The van der Waals surface area contributed by atoms with E-state index in [1.165, 1.54) is 18.1 Å². The molecule has 14 nitrogen and oxygen atoms in total. The Morgan fingerprint density at radius 1 is 1.02 bits per heavy atom. The number of fused-ring (bicyclic) bond motifs is 5. The number of ether oxygens (including phenoxy) is 3. The summed E-state index contributed by atoms with van der Waals surface area (Å²) >= 11 is 0. The highest BCUT2D eigenvalue weighted by Gasteiger charge is 2.65. The molecule has 4 amide bonds. The Hall–Kier alpha value is -4.54. The van der Waals surface area contributed by atoms with E-state index in [4.69, 9.17) is 19.2 Å². The molecule has 4 saturated carbocycles. The van der Waals surface area contributed by atoms with Gasteiger partial charge in [-0.25, -0.2) is 27.0 Å². The number of alkyl halides is 2. The molecule has 7 aliphatic rings. The maximum atomic E-state index is 17.1. The number of hydrogen-bond acceptors (Lipinski definition) is 10. The average molecular weight is 854 g/mol. The smallest absolute Gasteiger partial charge is 0.408 e. The van der Waals surface area contributed by atoms with Gasteiger partial charge in [-0.1, -0.05) is 25.0 Å². The predicted molar refractivity (Wildman–Crippen MR) is 214 cm³/mol. The molecule has 2 aromatic rings. The van der Waals surface area contributed by atoms with Gasteiger partial charge in [-0.05, 0) is 102 Å². The van der Waals surface area contributed by atoms with Crippen molar-refractivity contribution in [1.82, 2.24) is 25.2 Å². The van der Waals surface area contributed by atoms with Gasteiger partial charge in [0.05, 0.1) is 41.6 Å². The Labute approximate surface area is 347 Å². The lowest BCUT2D eigenvalue weighted by atomic mass is 9.84. The minimum absolute atomic E-state index is 0.0677. The zero-order chi connectivity index (χ0) is 42.2. The van der Waals surface area contributed by atoms with Gasteiger partial charge < -0.3 is 29.7 Å². The summed E-state index contributed by atoms with van der Waals surface area (Å²) in [6.45, 7) is 1.13. The standard InChI is InChI=1S/C43H53F2N5O9S/c1-40(18-19-40)60(55,56)49-38(53)42-21-26(42)10-6-4-3-5-7-13-31(47-39(54)58-27-11-8-9-12-27)37(52)50-24-41(22-32(50)36(51)48-42)23-43(44,45)33-29-20-28(57-2)16-17-30(29)46-34(25-14-15-25)35(33)59-41/h6,10,16-17,20,25-27,31-32H,3-5,7-9,11-15,18-19,21-24H2,1-2H3,(H,47,54)(H,48,51)(H,49,53)/b10-6-/t26-,31+,32+,41+,42-/m1/s1. The van der Waals surface area contributed by atoms with E-state index in [0.29, 0.717) is 61.9 Å². The van der Waals surface area contributed by atoms with Crippen LogP contribution in [-0.4, -0.2) is 89.8 Å². The predicted octanol–water partition coefficient (Wildman–Crippen LogP) is 5.77. The number of pyridine rings is 1. The van der Waals surface area contributed by atoms with Crippen molar-refractivity contribution < 1.29 is 50.6 Å². The Kier molecular flexibility index (Phi) is 10.1. The van der Waals surface area contributed by atoms with Gasteiger partial charge in [-0.15, -0.1) is 0 Å². The molecule has 9 rings (SSSR count). The first-order valence-corrected chi connectivity index (χ1v) is 23.0. The van der Waals surface area contributed by atoms with Gasteiger partial charge in [0.25, 0.3) is 11.8 Å². The molecule has 5 atom stereocenters. The molecule has 1 saturated heterocycles. The first-order chi connectivity index (χ1) is 28.6. The van der Waals surface area contributed by atoms with Crippen LogP contribution in [0.15, 0.2) is 30.4 Å². The number of amides is 4. The number of benzene rings is 1. The third-order valence-electron chi connectivity index (χ3n) is 13.8. The first kappa shape index (κ1) is 40.8. The van der Waals surface area contributed by atoms with Crippen LogP contribution in [0.2, 0.25) is 0 Å². The lowest BCUT2D eigenvalue weighted by Gasteiger charge is -2.40. The van der Waals surface area contributed by atoms with Gasteiger partial charge in [0, 0.05) is 23.6 Å². The second-order valence-electron chi connectivity index (χ2n) is 18.4. The van der Waals surface area contributed by atoms with Crippen molar-refractivity contribution in [2.24, 2.45) is 5.92 Å². The Morgan fingerprint density at radius 3 is 2.48 bits per heavy atom. The second-order valence-corrected chi connectivity index (χ2v) is 20.6. The van der Waals surface area contributed by atoms with Crippen molar-refractivity contribution in [3.05, 3.63) is 41.6 Å². The molecular formula is C43H53F2N5O9S. The minimum Gasteiger partial charge on any atom is -0.497 e. The summed E-state index contributed by atoms with van der Waals surface area (Å²) in [6, 6.07) is 2.23. The summed E-state index contributed by atoms with van der Waals surface area (Å²) in [6.07, 6.45) is 9.79. The number of sulfonamides is 1. The summed E-state index contributed by atoms with van der Waals surface area (Å²) in [5, 5.41) is 5.75. The van der Waals surface area contributed by atoms with Gasteiger partial charge in [0.15, 0.2) is 5.75 Å². The summed E-state index contributed by atoms with van der Waals surface area (Å²) in [7, 11) is -2.64. The van der Waals surface area contributed by atoms with Crippen molar-refractivity contribution in [2.75, 3.05) is 13.7 Å². The van der Waals surface area contributed by atoms with Crippen LogP contribution < -0.4 is 24.8 Å². The summed E-state index contributed by atoms with van der Waals surface area (Å²) in [5.74, 6) is -6.24. The number of alkyl carbamates (subject to hydrolysis) is 1. The number of carbonyl (C=O) groups is 4. The fourth-order valence-electron chi connectivity index (χ4n) is 9.74. The SMILES string of the molecule is COc1ccc2nc(C3CC3)c3c(c2c1)C(F)(F)C[C@]1(C[C@H]2C(=O)N[C@]4(C(=O)NS(=O)(=O)C5(C)CC5)C[C@H]4/C=C\CCCCC[C@H](NC(=O)OC4CCCC4)C(=O)N2C1)O3. The van der Waals surface area contributed by atoms with Crippen LogP contribution >= 0.6 is 0 Å². The molecule has 1 aromatic carbocycles. The Morgan fingerprint density at radius 2 is 1.77 bits per heavy atom. The van der Waals surface area contributed by atoms with Crippen LogP contribution in [0.3, 0.4) is 0 Å². The zero-order valence-electron chi connectivity index (χ0n) is 34.0. The largest absolute Gasteiger partial charge is 0.497 e. The summed E-state index contributed by atoms with van der Waals surface area (Å²) in [4.78, 5) is 63.0. The van der Waals surface area contributed by atoms with E-state index < -0.39 is 86.6 Å². The van der Waals surface area contributed by atoms with Crippen molar-refractivity contribution in [3.63, 3.8) is 0 Å². The van der Waals surface area contributed by atoms with Crippen LogP contribution in [0.25, 0.3) is 10.9 Å². The molecule has 60 heavy (non-hydrogen) atoms. The number of rotatable bonds is 7. The third-order valence-corrected chi connectivity index (χ3v) is 16.0. The van der Waals surface area contributed by atoms with E-state index in [2.05, 4.69) is 15.4 Å². The van der Waals surface area contributed by atoms with Gasteiger partial charge >= 0.3 is 6.09 Å². The van der Waals surface area contributed by atoms with Gasteiger partial charge in [0.2, 0.25) is 21.8 Å². The molecule has 4 heterocycles. The van der Waals surface area contributed by atoms with E-state index in [9.17, 15) is 27.6 Å². The van der Waals surface area contributed by atoms with Crippen LogP contribution in [-0.2, 0) is 35.1 Å². The lowest BCUT2D eigenvalue weighted by molar-refractivity contribution is -0.141. The molecule has 17 heteroatoms. The number of nitrogens with one attached hydrogen (secondary N) is 3. The van der Waals surface area contributed by atoms with Crippen LogP contribution in [0.4, 0.5) is 13.6 Å². The molecule has 324 valence electrons. The zero-order valence-corrected chi connectivity index (χ0v) is 34.8. The van der Waals surface area contributed by atoms with Crippen LogP contribution in [0, 0.1) is 5.92 Å². The highest BCUT2D eigenvalue weighted by atomic mass is 32.2. The molecule has 0 radical (unpaired) electrons. The number of allylic oxidation sites excluding steroid dienone is 1. The molecule has 4 aliphatic carbocycles. The lowest BCUT2D eigenvalue weighted by Crippen LogP contribution is -2.58. The monoisotopic (exact) mass is 853 g/mol. The third kappa shape index (κ3) is 7.46. The maximum Gasteiger partial charge on any atom is 0.408 e. The van der Waals surface area contributed by atoms with Crippen LogP contribution in [0.5, 0.6) is 11.5 Å². The second kappa shape index (κ2) is 14.8. The van der Waals surface area contributed by atoms with E-state index in [-0.39, 0.29) is 48.0 Å². The number of nitrogens with zero attached hydrogens (tertiary/aromatic N) is 2. The Bertz CT molecular complexity index is 2260. The Balaban J connectivity index is 1.09. The van der Waals surface area contributed by atoms with E-state index >= 15 is 8.78 Å². The fourth-order valence-corrected chi connectivity index (χ4v) is 11.0. The summed E-state index contributed by atoms with van der Waals surface area (Å²) in [5.41, 5.74) is -3.00. The number of methoxy groups -OCH3 is 1. The normalized spacial score (nSPS) is 31.7. The van der Waals surface area contributed by atoms with E-state index in [1.54, 1.807) is 25.1 Å².